The van der Waals surface area contributed by atoms with Gasteiger partial charge in [-0.15, -0.1) is 0 Å². The molecule has 1 fully saturated rings. The van der Waals surface area contributed by atoms with Crippen LogP contribution in [0.25, 0.3) is 22.0 Å². The smallest absolute Gasteiger partial charge is 0.263 e. The van der Waals surface area contributed by atoms with E-state index in [9.17, 15) is 12.8 Å². The number of aromatic nitrogens is 3. The molecule has 0 radical (unpaired) electrons. The van der Waals surface area contributed by atoms with Gasteiger partial charge in [-0.25, -0.2) is 27.2 Å². The minimum absolute atomic E-state index is 0.120. The molecule has 4 aromatic rings. The van der Waals surface area contributed by atoms with E-state index in [0.717, 1.165) is 37.8 Å². The molecule has 0 unspecified atom stereocenters. The number of nitrogens with zero attached hydrogens (tertiary/aromatic N) is 4. The number of benzene rings is 2. The molecule has 1 saturated carbocycles. The first-order chi connectivity index (χ1) is 18.6. The molecule has 204 valence electrons. The molecule has 2 aromatic heterocycles. The number of hydrogen-bond acceptors (Lipinski definition) is 7. The van der Waals surface area contributed by atoms with Gasteiger partial charge in [0.05, 0.1) is 16.8 Å². The van der Waals surface area contributed by atoms with Crippen molar-refractivity contribution in [2.75, 3.05) is 24.1 Å². The Kier molecular flexibility index (Phi) is 7.46. The lowest BCUT2D eigenvalue weighted by Gasteiger charge is -2.32. The number of anilines is 2. The fraction of sp³-hybridized carbons (Fsp3) is 0.321. The largest absolute Gasteiger partial charge is 0.351 e. The zero-order valence-corrected chi connectivity index (χ0v) is 22.8. The second-order valence-corrected chi connectivity index (χ2v) is 11.9. The lowest BCUT2D eigenvalue weighted by molar-refractivity contribution is 0.221. The molecule has 2 aromatic carbocycles. The predicted octanol–water partition coefficient (Wildman–Crippen LogP) is 5.36. The molecule has 1 aliphatic carbocycles. The summed E-state index contributed by atoms with van der Waals surface area (Å²) in [6.45, 7) is 1.70. The molecule has 0 amide bonds. The maximum atomic E-state index is 15.5. The number of sulfonamides is 1. The molecule has 2 heterocycles. The maximum absolute atomic E-state index is 15.5. The van der Waals surface area contributed by atoms with Crippen LogP contribution in [0.15, 0.2) is 59.9 Å². The van der Waals surface area contributed by atoms with Crippen molar-refractivity contribution in [1.29, 1.82) is 0 Å². The van der Waals surface area contributed by atoms with Gasteiger partial charge in [-0.3, -0.25) is 9.71 Å². The van der Waals surface area contributed by atoms with E-state index in [0.29, 0.717) is 34.5 Å². The number of fused-ring (bicyclic) bond motifs is 1. The average molecular weight is 553 g/mol. The zero-order chi connectivity index (χ0) is 27.7. The van der Waals surface area contributed by atoms with Crippen molar-refractivity contribution in [3.63, 3.8) is 0 Å². The highest BCUT2D eigenvalue weighted by molar-refractivity contribution is 7.92. The van der Waals surface area contributed by atoms with E-state index in [-0.39, 0.29) is 21.7 Å². The van der Waals surface area contributed by atoms with Gasteiger partial charge in [-0.2, -0.15) is 0 Å². The molecule has 0 spiro atoms. The molecule has 11 heteroatoms. The standard InChI is InChI=1S/C28H30F2N6O2S/c1-17-12-22(16-31-14-17)39(37,38)35-25-11-9-23(29)26(27(25)30)18-4-10-24-19(13-18)15-32-28(34-24)33-20-5-7-21(8-6-20)36(2)3/h4,9-16,20-21,35H,5-8H2,1-3H3,(H,32,33,34)/t20-,21+. The van der Waals surface area contributed by atoms with Crippen LogP contribution in [0.3, 0.4) is 0 Å². The SMILES string of the molecule is Cc1cncc(S(=O)(=O)Nc2ccc(F)c(-c3ccc4nc(N[C@H]5CC[C@@H](N(C)C)CC5)ncc4c3)c2F)c1. The van der Waals surface area contributed by atoms with Crippen LogP contribution in [0.5, 0.6) is 0 Å². The van der Waals surface area contributed by atoms with Crippen LogP contribution >= 0.6 is 0 Å². The quantitative estimate of drug-likeness (QED) is 0.318. The van der Waals surface area contributed by atoms with Gasteiger partial charge in [-0.05, 0) is 88.2 Å². The highest BCUT2D eigenvalue weighted by atomic mass is 32.2. The summed E-state index contributed by atoms with van der Waals surface area (Å²) < 4.78 is 58.2. The summed E-state index contributed by atoms with van der Waals surface area (Å²) in [5, 5.41) is 4.01. The third-order valence-corrected chi connectivity index (χ3v) is 8.46. The van der Waals surface area contributed by atoms with E-state index in [2.05, 4.69) is 44.0 Å². The van der Waals surface area contributed by atoms with E-state index in [1.54, 1.807) is 31.3 Å². The van der Waals surface area contributed by atoms with Crippen LogP contribution in [0.1, 0.15) is 31.2 Å². The van der Waals surface area contributed by atoms with Crippen molar-refractivity contribution >= 4 is 32.6 Å². The molecule has 1 aliphatic rings. The van der Waals surface area contributed by atoms with Crippen molar-refractivity contribution in [3.8, 4) is 11.1 Å². The first kappa shape index (κ1) is 26.9. The van der Waals surface area contributed by atoms with Crippen LogP contribution in [-0.2, 0) is 10.0 Å². The topological polar surface area (TPSA) is 100 Å². The fourth-order valence-corrected chi connectivity index (χ4v) is 6.06. The van der Waals surface area contributed by atoms with Gasteiger partial charge in [0, 0.05) is 36.1 Å². The Morgan fingerprint density at radius 1 is 0.974 bits per heavy atom. The molecule has 0 atom stereocenters. The molecule has 0 bridgehead atoms. The van der Waals surface area contributed by atoms with E-state index < -0.39 is 21.7 Å². The van der Waals surface area contributed by atoms with Crippen LogP contribution < -0.4 is 10.0 Å². The number of halogens is 2. The van der Waals surface area contributed by atoms with Gasteiger partial charge in [0.15, 0.2) is 5.82 Å². The lowest BCUT2D eigenvalue weighted by atomic mass is 9.91. The summed E-state index contributed by atoms with van der Waals surface area (Å²) in [7, 11) is 0.0781. The zero-order valence-electron chi connectivity index (χ0n) is 21.9. The number of pyridine rings is 1. The monoisotopic (exact) mass is 552 g/mol. The molecule has 0 aliphatic heterocycles. The third kappa shape index (κ3) is 5.84. The van der Waals surface area contributed by atoms with Gasteiger partial charge in [0.2, 0.25) is 5.95 Å². The fourth-order valence-electron chi connectivity index (χ4n) is 4.95. The number of nitrogens with one attached hydrogen (secondary N) is 2. The summed E-state index contributed by atoms with van der Waals surface area (Å²) in [5.41, 5.74) is 0.781. The van der Waals surface area contributed by atoms with Crippen molar-refractivity contribution < 1.29 is 17.2 Å². The molecule has 2 N–H and O–H groups in total. The van der Waals surface area contributed by atoms with Crippen molar-refractivity contribution in [2.45, 2.75) is 49.6 Å². The Morgan fingerprint density at radius 3 is 2.46 bits per heavy atom. The number of aryl methyl sites for hydroxylation is 1. The summed E-state index contributed by atoms with van der Waals surface area (Å²) in [5.74, 6) is -1.33. The highest BCUT2D eigenvalue weighted by Crippen LogP contribution is 2.33. The van der Waals surface area contributed by atoms with Gasteiger partial charge in [0.1, 0.15) is 10.7 Å². The third-order valence-electron chi connectivity index (χ3n) is 7.12. The Morgan fingerprint density at radius 2 is 1.74 bits per heavy atom. The Bertz CT molecular complexity index is 1620. The molecule has 5 rings (SSSR count). The summed E-state index contributed by atoms with van der Waals surface area (Å²) in [6.07, 6.45) is 8.57. The first-order valence-corrected chi connectivity index (χ1v) is 14.2. The second kappa shape index (κ2) is 10.8. The summed E-state index contributed by atoms with van der Waals surface area (Å²) in [6, 6.07) is 9.22. The summed E-state index contributed by atoms with van der Waals surface area (Å²) in [4.78, 5) is 15.0. The Hall–Kier alpha value is -3.70. The van der Waals surface area contributed by atoms with Gasteiger partial charge in [0.25, 0.3) is 10.0 Å². The maximum Gasteiger partial charge on any atom is 0.263 e. The van der Waals surface area contributed by atoms with Crippen LogP contribution in [-0.4, -0.2) is 54.4 Å². The Labute approximate surface area is 226 Å². The van der Waals surface area contributed by atoms with Gasteiger partial charge >= 0.3 is 0 Å². The van der Waals surface area contributed by atoms with Gasteiger partial charge < -0.3 is 10.2 Å². The van der Waals surface area contributed by atoms with E-state index in [1.807, 2.05) is 0 Å². The van der Waals surface area contributed by atoms with Gasteiger partial charge in [-0.1, -0.05) is 6.07 Å². The molecule has 0 saturated heterocycles. The number of rotatable bonds is 7. The van der Waals surface area contributed by atoms with Crippen LogP contribution in [0.4, 0.5) is 20.4 Å². The van der Waals surface area contributed by atoms with E-state index in [1.165, 1.54) is 18.5 Å². The van der Waals surface area contributed by atoms with Crippen molar-refractivity contribution in [1.82, 2.24) is 19.9 Å². The van der Waals surface area contributed by atoms with E-state index >= 15 is 4.39 Å². The molecule has 8 nitrogen and oxygen atoms in total. The highest BCUT2D eigenvalue weighted by Gasteiger charge is 2.24. The Balaban J connectivity index is 1.38. The molecular weight excluding hydrogens is 522 g/mol. The predicted molar refractivity (Wildman–Crippen MR) is 148 cm³/mol. The minimum atomic E-state index is -4.13. The van der Waals surface area contributed by atoms with Crippen LogP contribution in [0, 0.1) is 18.6 Å². The van der Waals surface area contributed by atoms with Crippen LogP contribution in [0.2, 0.25) is 0 Å². The summed E-state index contributed by atoms with van der Waals surface area (Å²) >= 11 is 0. The average Bonchev–Trinajstić information content (AvgIpc) is 2.91. The minimum Gasteiger partial charge on any atom is -0.351 e. The van der Waals surface area contributed by atoms with Crippen molar-refractivity contribution in [2.24, 2.45) is 0 Å². The lowest BCUT2D eigenvalue weighted by Crippen LogP contribution is -2.36. The number of hydrogen-bond donors (Lipinski definition) is 2. The molecule has 39 heavy (non-hydrogen) atoms. The first-order valence-electron chi connectivity index (χ1n) is 12.7. The normalized spacial score (nSPS) is 17.9. The van der Waals surface area contributed by atoms with Crippen molar-refractivity contribution in [3.05, 3.63) is 72.2 Å². The van der Waals surface area contributed by atoms with E-state index in [4.69, 9.17) is 0 Å². The second-order valence-electron chi connectivity index (χ2n) is 10.2. The molecular formula is C28H30F2N6O2S.